The number of benzene rings is 1. The molecule has 68 valence electrons. The minimum Gasteiger partial charge on any atom is -0.324 e. The van der Waals surface area contributed by atoms with Gasteiger partial charge in [0, 0.05) is 6.04 Å². The Hall–Kier alpha value is -1.04. The summed E-state index contributed by atoms with van der Waals surface area (Å²) in [7, 11) is 0. The second-order valence-electron chi connectivity index (χ2n) is 3.17. The quantitative estimate of drug-likeness (QED) is 0.686. The first kappa shape index (κ1) is 10.0. The summed E-state index contributed by atoms with van der Waals surface area (Å²) < 4.78 is 0. The summed E-state index contributed by atoms with van der Waals surface area (Å²) >= 11 is 0. The molecule has 0 unspecified atom stereocenters. The van der Waals surface area contributed by atoms with Crippen molar-refractivity contribution in [3.63, 3.8) is 0 Å². The molecule has 13 heavy (non-hydrogen) atoms. The van der Waals surface area contributed by atoms with Crippen LogP contribution >= 0.6 is 12.4 Å². The monoisotopic (exact) mass is 194 g/mol. The topological polar surface area (TPSA) is 49.8 Å². The van der Waals surface area contributed by atoms with Crippen LogP contribution in [-0.4, -0.2) is 0 Å². The average molecular weight is 195 g/mol. The zero-order valence-corrected chi connectivity index (χ0v) is 7.97. The van der Waals surface area contributed by atoms with Gasteiger partial charge in [-0.2, -0.15) is 5.26 Å². The second kappa shape index (κ2) is 3.78. The molecule has 0 amide bonds. The van der Waals surface area contributed by atoms with Crippen LogP contribution in [0.1, 0.15) is 29.2 Å². The molecule has 0 spiro atoms. The van der Waals surface area contributed by atoms with E-state index in [1.165, 1.54) is 5.56 Å². The minimum absolute atomic E-state index is 0. The molecule has 1 atom stereocenters. The molecule has 2 nitrogen and oxygen atoms in total. The van der Waals surface area contributed by atoms with Crippen molar-refractivity contribution < 1.29 is 0 Å². The lowest BCUT2D eigenvalue weighted by molar-refractivity contribution is 0.713. The van der Waals surface area contributed by atoms with E-state index in [1.807, 2.05) is 18.2 Å². The minimum atomic E-state index is 0. The fraction of sp³-hybridized carbons (Fsp3) is 0.300. The lowest BCUT2D eigenvalue weighted by atomic mass is 10.1. The number of hydrogen-bond acceptors (Lipinski definition) is 2. The van der Waals surface area contributed by atoms with Gasteiger partial charge in [0.25, 0.3) is 0 Å². The summed E-state index contributed by atoms with van der Waals surface area (Å²) in [5, 5.41) is 8.66. The molecule has 0 bridgehead atoms. The van der Waals surface area contributed by atoms with Crippen LogP contribution in [0.15, 0.2) is 18.2 Å². The highest BCUT2D eigenvalue weighted by molar-refractivity contribution is 5.85. The third-order valence-electron chi connectivity index (χ3n) is 2.40. The fourth-order valence-corrected chi connectivity index (χ4v) is 1.70. The smallest absolute Gasteiger partial charge is 0.0991 e. The first-order valence-corrected chi connectivity index (χ1v) is 4.10. The van der Waals surface area contributed by atoms with Crippen LogP contribution in [-0.2, 0) is 6.42 Å². The van der Waals surface area contributed by atoms with Crippen molar-refractivity contribution in [3.8, 4) is 6.07 Å². The molecule has 0 heterocycles. The first-order valence-electron chi connectivity index (χ1n) is 4.10. The molecule has 3 heteroatoms. The maximum atomic E-state index is 8.66. The molecule has 2 N–H and O–H groups in total. The van der Waals surface area contributed by atoms with Gasteiger partial charge in [-0.1, -0.05) is 6.07 Å². The van der Waals surface area contributed by atoms with Gasteiger partial charge in [0.05, 0.1) is 11.6 Å². The van der Waals surface area contributed by atoms with Gasteiger partial charge in [-0.3, -0.25) is 0 Å². The molecule has 1 aromatic rings. The van der Waals surface area contributed by atoms with E-state index in [4.69, 9.17) is 11.0 Å². The average Bonchev–Trinajstić information content (AvgIpc) is 2.47. The lowest BCUT2D eigenvalue weighted by Gasteiger charge is -2.03. The zero-order valence-electron chi connectivity index (χ0n) is 7.16. The van der Waals surface area contributed by atoms with Crippen molar-refractivity contribution in [2.75, 3.05) is 0 Å². The molecule has 1 aliphatic rings. The Morgan fingerprint density at radius 1 is 1.46 bits per heavy atom. The van der Waals surface area contributed by atoms with Gasteiger partial charge >= 0.3 is 0 Å². The number of rotatable bonds is 0. The van der Waals surface area contributed by atoms with E-state index in [0.717, 1.165) is 18.4 Å². The van der Waals surface area contributed by atoms with E-state index < -0.39 is 0 Å². The molecule has 0 saturated carbocycles. The number of nitrogens with zero attached hydrogens (tertiary/aromatic N) is 1. The maximum Gasteiger partial charge on any atom is 0.0991 e. The Morgan fingerprint density at radius 2 is 2.23 bits per heavy atom. The Bertz CT molecular complexity index is 354. The van der Waals surface area contributed by atoms with E-state index in [1.54, 1.807) is 0 Å². The van der Waals surface area contributed by atoms with Crippen molar-refractivity contribution in [2.24, 2.45) is 5.73 Å². The van der Waals surface area contributed by atoms with Crippen LogP contribution in [0.25, 0.3) is 0 Å². The summed E-state index contributed by atoms with van der Waals surface area (Å²) in [5.74, 6) is 0. The van der Waals surface area contributed by atoms with Gasteiger partial charge in [-0.15, -0.1) is 12.4 Å². The van der Waals surface area contributed by atoms with Gasteiger partial charge in [-0.05, 0) is 36.1 Å². The standard InChI is InChI=1S/C10H10N2.ClH/c11-6-7-1-2-8-3-4-10(12)9(8)5-7;/h1-2,5,10H,3-4,12H2;1H/t10-;/m0./s1. The Balaban J connectivity index is 0.000000845. The van der Waals surface area contributed by atoms with Crippen molar-refractivity contribution in [3.05, 3.63) is 34.9 Å². The van der Waals surface area contributed by atoms with Gasteiger partial charge in [0.1, 0.15) is 0 Å². The van der Waals surface area contributed by atoms with Crippen LogP contribution in [0.4, 0.5) is 0 Å². The van der Waals surface area contributed by atoms with Gasteiger partial charge < -0.3 is 5.73 Å². The number of hydrogen-bond donors (Lipinski definition) is 1. The maximum absolute atomic E-state index is 8.66. The van der Waals surface area contributed by atoms with E-state index in [-0.39, 0.29) is 18.4 Å². The summed E-state index contributed by atoms with van der Waals surface area (Å²) in [6, 6.07) is 8.05. The molecule has 0 saturated heterocycles. The number of halogens is 1. The zero-order chi connectivity index (χ0) is 8.55. The van der Waals surface area contributed by atoms with Crippen LogP contribution in [0.3, 0.4) is 0 Å². The van der Waals surface area contributed by atoms with Gasteiger partial charge in [-0.25, -0.2) is 0 Å². The number of fused-ring (bicyclic) bond motifs is 1. The first-order chi connectivity index (χ1) is 5.81. The summed E-state index contributed by atoms with van der Waals surface area (Å²) in [6.07, 6.45) is 2.08. The van der Waals surface area contributed by atoms with Crippen LogP contribution in [0, 0.1) is 11.3 Å². The fourth-order valence-electron chi connectivity index (χ4n) is 1.70. The SMILES string of the molecule is Cl.N#Cc1ccc2c(c1)[C@@H](N)CC2. The normalized spacial score (nSPS) is 18.6. The Kier molecular flexibility index (Phi) is 2.92. The number of aryl methyl sites for hydroxylation is 1. The molecule has 0 fully saturated rings. The summed E-state index contributed by atoms with van der Waals surface area (Å²) in [5.41, 5.74) is 9.04. The second-order valence-corrected chi connectivity index (χ2v) is 3.17. The highest BCUT2D eigenvalue weighted by Crippen LogP contribution is 2.29. The van der Waals surface area contributed by atoms with E-state index in [0.29, 0.717) is 5.56 Å². The largest absolute Gasteiger partial charge is 0.324 e. The van der Waals surface area contributed by atoms with Crippen molar-refractivity contribution in [1.29, 1.82) is 5.26 Å². The number of nitriles is 1. The molecular weight excluding hydrogens is 184 g/mol. The molecular formula is C10H11ClN2. The lowest BCUT2D eigenvalue weighted by Crippen LogP contribution is -2.05. The van der Waals surface area contributed by atoms with Crippen molar-refractivity contribution >= 4 is 12.4 Å². The predicted molar refractivity (Wildman–Crippen MR) is 53.7 cm³/mol. The number of nitrogens with two attached hydrogens (primary N) is 1. The Labute approximate surface area is 83.8 Å². The van der Waals surface area contributed by atoms with Gasteiger partial charge in [0.15, 0.2) is 0 Å². The van der Waals surface area contributed by atoms with E-state index >= 15 is 0 Å². The highest BCUT2D eigenvalue weighted by Gasteiger charge is 2.18. The van der Waals surface area contributed by atoms with Crippen molar-refractivity contribution in [2.45, 2.75) is 18.9 Å². The highest BCUT2D eigenvalue weighted by atomic mass is 35.5. The molecule has 1 aliphatic carbocycles. The van der Waals surface area contributed by atoms with Crippen LogP contribution in [0.5, 0.6) is 0 Å². The van der Waals surface area contributed by atoms with Crippen LogP contribution < -0.4 is 5.73 Å². The van der Waals surface area contributed by atoms with Gasteiger partial charge in [0.2, 0.25) is 0 Å². The summed E-state index contributed by atoms with van der Waals surface area (Å²) in [4.78, 5) is 0. The summed E-state index contributed by atoms with van der Waals surface area (Å²) in [6.45, 7) is 0. The molecule has 0 aliphatic heterocycles. The third-order valence-corrected chi connectivity index (χ3v) is 2.40. The molecule has 2 rings (SSSR count). The van der Waals surface area contributed by atoms with E-state index in [9.17, 15) is 0 Å². The van der Waals surface area contributed by atoms with E-state index in [2.05, 4.69) is 6.07 Å². The molecule has 1 aromatic carbocycles. The van der Waals surface area contributed by atoms with Crippen LogP contribution in [0.2, 0.25) is 0 Å². The van der Waals surface area contributed by atoms with Crippen molar-refractivity contribution in [1.82, 2.24) is 0 Å². The molecule has 0 aromatic heterocycles. The third kappa shape index (κ3) is 1.67. The molecule has 0 radical (unpaired) electrons. The Morgan fingerprint density at radius 3 is 2.92 bits per heavy atom. The predicted octanol–water partition coefficient (Wildman–Crippen LogP) is 1.93.